The van der Waals surface area contributed by atoms with Gasteiger partial charge in [0, 0.05) is 5.39 Å². The lowest BCUT2D eigenvalue weighted by Gasteiger charge is -2.07. The van der Waals surface area contributed by atoms with Crippen molar-refractivity contribution in [3.8, 4) is 5.95 Å². The summed E-state index contributed by atoms with van der Waals surface area (Å²) in [5.74, 6) is 1.18. The molecule has 0 spiro atoms. The van der Waals surface area contributed by atoms with Gasteiger partial charge in [0.2, 0.25) is 0 Å². The summed E-state index contributed by atoms with van der Waals surface area (Å²) in [6.07, 6.45) is 6.20. The average molecular weight is 348 g/mol. The summed E-state index contributed by atoms with van der Waals surface area (Å²) < 4.78 is 19.2. The standard InChI is InChI=1S/C17H13FN8/c18-16-19-8-14-25(16)13-4-2-1-3-12(13)15-21-22-17(26(14)15)24-9-11(20-23-24)7-10-5-6-10/h1-4,8-10H,5-7H2. The number of aromatic nitrogens is 8. The monoisotopic (exact) mass is 348 g/mol. The van der Waals surface area contributed by atoms with Crippen LogP contribution in [0.15, 0.2) is 36.7 Å². The van der Waals surface area contributed by atoms with Crippen LogP contribution >= 0.6 is 0 Å². The van der Waals surface area contributed by atoms with Crippen molar-refractivity contribution >= 4 is 22.2 Å². The molecule has 1 saturated carbocycles. The largest absolute Gasteiger partial charge is 0.295 e. The zero-order chi connectivity index (χ0) is 17.3. The van der Waals surface area contributed by atoms with E-state index in [1.165, 1.54) is 23.4 Å². The predicted octanol–water partition coefficient (Wildman–Crippen LogP) is 2.20. The molecule has 0 amide bonds. The highest BCUT2D eigenvalue weighted by atomic mass is 19.1. The third-order valence-electron chi connectivity index (χ3n) is 4.90. The molecule has 1 aliphatic carbocycles. The highest BCUT2D eigenvalue weighted by Crippen LogP contribution is 2.32. The minimum absolute atomic E-state index is 0.463. The van der Waals surface area contributed by atoms with E-state index >= 15 is 0 Å². The van der Waals surface area contributed by atoms with Crippen LogP contribution in [0.5, 0.6) is 0 Å². The second-order valence-corrected chi connectivity index (χ2v) is 6.70. The fourth-order valence-corrected chi connectivity index (χ4v) is 3.48. The molecule has 6 rings (SSSR count). The lowest BCUT2D eigenvalue weighted by atomic mass is 10.2. The van der Waals surface area contributed by atoms with Gasteiger partial charge in [0.25, 0.3) is 12.0 Å². The quantitative estimate of drug-likeness (QED) is 0.499. The zero-order valence-corrected chi connectivity index (χ0v) is 13.6. The van der Waals surface area contributed by atoms with Crippen LogP contribution in [0.3, 0.4) is 0 Å². The lowest BCUT2D eigenvalue weighted by molar-refractivity contribution is 0.539. The molecule has 8 nitrogen and oxygen atoms in total. The van der Waals surface area contributed by atoms with E-state index in [-0.39, 0.29) is 0 Å². The number of hydrogen-bond acceptors (Lipinski definition) is 5. The number of halogens is 1. The van der Waals surface area contributed by atoms with Crippen molar-refractivity contribution in [3.05, 3.63) is 48.4 Å². The van der Waals surface area contributed by atoms with Crippen LogP contribution in [-0.2, 0) is 6.42 Å². The molecule has 5 aromatic rings. The summed E-state index contributed by atoms with van der Waals surface area (Å²) in [5, 5.41) is 17.9. The molecule has 4 heterocycles. The number of nitrogens with zero attached hydrogens (tertiary/aromatic N) is 8. The van der Waals surface area contributed by atoms with Crippen LogP contribution in [0, 0.1) is 12.0 Å². The van der Waals surface area contributed by atoms with E-state index < -0.39 is 6.08 Å². The van der Waals surface area contributed by atoms with E-state index in [1.807, 2.05) is 30.5 Å². The van der Waals surface area contributed by atoms with Gasteiger partial charge >= 0.3 is 0 Å². The minimum atomic E-state index is -0.578. The molecular weight excluding hydrogens is 335 g/mol. The van der Waals surface area contributed by atoms with E-state index in [4.69, 9.17) is 0 Å². The van der Waals surface area contributed by atoms with Gasteiger partial charge in [0.05, 0.1) is 23.6 Å². The number of fused-ring (bicyclic) bond motifs is 6. The van der Waals surface area contributed by atoms with Crippen molar-refractivity contribution in [2.24, 2.45) is 5.92 Å². The zero-order valence-electron chi connectivity index (χ0n) is 13.6. The van der Waals surface area contributed by atoms with Gasteiger partial charge in [-0.2, -0.15) is 9.07 Å². The molecule has 0 saturated heterocycles. The Kier molecular flexibility index (Phi) is 2.58. The summed E-state index contributed by atoms with van der Waals surface area (Å²) >= 11 is 0. The van der Waals surface area contributed by atoms with Crippen LogP contribution < -0.4 is 0 Å². The van der Waals surface area contributed by atoms with Crippen LogP contribution in [-0.4, -0.2) is 39.0 Å². The fourth-order valence-electron chi connectivity index (χ4n) is 3.48. The molecule has 1 aliphatic rings. The Bertz CT molecular complexity index is 1290. The maximum Gasteiger partial charge on any atom is 0.295 e. The first-order valence-electron chi connectivity index (χ1n) is 8.50. The molecule has 0 N–H and O–H groups in total. The average Bonchev–Trinajstić information content (AvgIpc) is 3.05. The van der Waals surface area contributed by atoms with Crippen molar-refractivity contribution in [2.75, 3.05) is 0 Å². The highest BCUT2D eigenvalue weighted by molar-refractivity contribution is 5.94. The fraction of sp³-hybridized carbons (Fsp3) is 0.235. The highest BCUT2D eigenvalue weighted by Gasteiger charge is 2.24. The summed E-state index contributed by atoms with van der Waals surface area (Å²) in [4.78, 5) is 3.84. The summed E-state index contributed by atoms with van der Waals surface area (Å²) in [6.45, 7) is 0. The Morgan fingerprint density at radius 3 is 2.85 bits per heavy atom. The number of imidazole rings is 1. The molecule has 0 bridgehead atoms. The van der Waals surface area contributed by atoms with Crippen LogP contribution in [0.25, 0.3) is 28.1 Å². The lowest BCUT2D eigenvalue weighted by Crippen LogP contribution is -2.05. The normalized spacial score (nSPS) is 14.8. The topological polar surface area (TPSA) is 78.2 Å². The van der Waals surface area contributed by atoms with Gasteiger partial charge in [0.1, 0.15) is 5.65 Å². The van der Waals surface area contributed by atoms with Crippen LogP contribution in [0.2, 0.25) is 0 Å². The van der Waals surface area contributed by atoms with E-state index in [1.54, 1.807) is 9.08 Å². The van der Waals surface area contributed by atoms with Gasteiger partial charge in [-0.15, -0.1) is 15.3 Å². The van der Waals surface area contributed by atoms with E-state index in [2.05, 4.69) is 25.5 Å². The molecule has 0 unspecified atom stereocenters. The summed E-state index contributed by atoms with van der Waals surface area (Å²) in [5.41, 5.74) is 2.79. The van der Waals surface area contributed by atoms with E-state index in [9.17, 15) is 4.39 Å². The van der Waals surface area contributed by atoms with Gasteiger partial charge < -0.3 is 0 Å². The molecule has 1 fully saturated rings. The molecule has 128 valence electrons. The first-order chi connectivity index (χ1) is 12.8. The molecule has 1 aromatic carbocycles. The van der Waals surface area contributed by atoms with Gasteiger partial charge in [-0.1, -0.05) is 17.3 Å². The van der Waals surface area contributed by atoms with Crippen LogP contribution in [0.1, 0.15) is 18.5 Å². The Morgan fingerprint density at radius 2 is 1.96 bits per heavy atom. The first kappa shape index (κ1) is 13.9. The Labute approximate surface area is 145 Å². The summed E-state index contributed by atoms with van der Waals surface area (Å²) in [6, 6.07) is 7.48. The molecule has 26 heavy (non-hydrogen) atoms. The molecular formula is C17H13FN8. The summed E-state index contributed by atoms with van der Waals surface area (Å²) in [7, 11) is 0. The van der Waals surface area contributed by atoms with Gasteiger partial charge in [-0.05, 0) is 37.3 Å². The Hall–Kier alpha value is -3.36. The second-order valence-electron chi connectivity index (χ2n) is 6.70. The van der Waals surface area contributed by atoms with Gasteiger partial charge in [-0.25, -0.2) is 9.38 Å². The first-order valence-corrected chi connectivity index (χ1v) is 8.50. The van der Waals surface area contributed by atoms with Gasteiger partial charge in [0.15, 0.2) is 5.65 Å². The number of benzene rings is 1. The third kappa shape index (κ3) is 1.85. The molecule has 0 aliphatic heterocycles. The molecule has 9 heteroatoms. The van der Waals surface area contributed by atoms with Crippen LogP contribution in [0.4, 0.5) is 4.39 Å². The van der Waals surface area contributed by atoms with Crippen molar-refractivity contribution in [3.63, 3.8) is 0 Å². The molecule has 0 radical (unpaired) electrons. The number of para-hydroxylation sites is 1. The van der Waals surface area contributed by atoms with Crippen molar-refractivity contribution < 1.29 is 4.39 Å². The minimum Gasteiger partial charge on any atom is -0.253 e. The predicted molar refractivity (Wildman–Crippen MR) is 90.5 cm³/mol. The smallest absolute Gasteiger partial charge is 0.253 e. The number of hydrogen-bond donors (Lipinski definition) is 0. The maximum absolute atomic E-state index is 14.4. The Morgan fingerprint density at radius 1 is 1.08 bits per heavy atom. The van der Waals surface area contributed by atoms with Crippen molar-refractivity contribution in [1.29, 1.82) is 0 Å². The number of rotatable bonds is 3. The van der Waals surface area contributed by atoms with E-state index in [0.29, 0.717) is 22.8 Å². The van der Waals surface area contributed by atoms with Crippen molar-refractivity contribution in [2.45, 2.75) is 19.3 Å². The van der Waals surface area contributed by atoms with Crippen molar-refractivity contribution in [1.82, 2.24) is 39.0 Å². The Balaban J connectivity index is 1.66. The third-order valence-corrected chi connectivity index (χ3v) is 4.90. The molecule has 4 aromatic heterocycles. The van der Waals surface area contributed by atoms with E-state index in [0.717, 1.165) is 23.4 Å². The van der Waals surface area contributed by atoms with Gasteiger partial charge in [-0.3, -0.25) is 4.40 Å². The second kappa shape index (κ2) is 4.84. The molecule has 0 atom stereocenters. The maximum atomic E-state index is 14.4. The SMILES string of the molecule is Fc1ncc2n1c1ccccc1c1nnc(-n3cc(CC4CC4)nn3)n12.